The van der Waals surface area contributed by atoms with E-state index < -0.39 is 34.2 Å². The van der Waals surface area contributed by atoms with E-state index in [0.717, 1.165) is 10.9 Å². The maximum Gasteiger partial charge on any atom is 0.407 e. The number of hydrogen-bond donors (Lipinski definition) is 3. The Labute approximate surface area is 267 Å². The Morgan fingerprint density at radius 1 is 0.935 bits per heavy atom. The summed E-state index contributed by atoms with van der Waals surface area (Å²) in [4.78, 5) is 37.7. The summed E-state index contributed by atoms with van der Waals surface area (Å²) >= 11 is 0. The molecule has 0 saturated carbocycles. The highest BCUT2D eigenvalue weighted by Crippen LogP contribution is 2.32. The number of anilines is 1. The normalized spacial score (nSPS) is 14.8. The van der Waals surface area contributed by atoms with E-state index in [1.807, 2.05) is 48.5 Å². The summed E-state index contributed by atoms with van der Waals surface area (Å²) in [7, 11) is -4.12. The van der Waals surface area contributed by atoms with Gasteiger partial charge in [0.25, 0.3) is 5.91 Å². The standard InChI is InChI=1S/C34H35N3O8S/c1-2-43-33(39)28(37-46(41,42)31-16-8-13-25-12-6-7-14-26(25)31)21-24-17-18-29-27(20-24)36-32(38)30(45-29)15-9-19-35-34(40)44-22-23-10-4-3-5-11-23/h3-8,10-14,16-18,20,28,30,37H,2,9,15,19,21-22H2,1H3,(H,35,40)(H,36,38)/t28-,30+/m0/s1. The molecular weight excluding hydrogens is 610 g/mol. The van der Waals surface area contributed by atoms with Crippen LogP contribution in [0.1, 0.15) is 30.9 Å². The van der Waals surface area contributed by atoms with Crippen molar-refractivity contribution in [1.82, 2.24) is 10.0 Å². The monoisotopic (exact) mass is 645 g/mol. The topological polar surface area (TPSA) is 149 Å². The predicted molar refractivity (Wildman–Crippen MR) is 172 cm³/mol. The molecule has 11 nitrogen and oxygen atoms in total. The highest BCUT2D eigenvalue weighted by molar-refractivity contribution is 7.89. The summed E-state index contributed by atoms with van der Waals surface area (Å²) < 4.78 is 45.8. The molecule has 5 rings (SSSR count). The average molecular weight is 646 g/mol. The van der Waals surface area contributed by atoms with E-state index in [1.165, 1.54) is 6.07 Å². The lowest BCUT2D eigenvalue weighted by Crippen LogP contribution is -2.43. The molecule has 0 radical (unpaired) electrons. The van der Waals surface area contributed by atoms with Crippen molar-refractivity contribution in [2.24, 2.45) is 0 Å². The lowest BCUT2D eigenvalue weighted by molar-refractivity contribution is -0.145. The highest BCUT2D eigenvalue weighted by atomic mass is 32.2. The molecule has 2 amide bonds. The number of benzene rings is 4. The van der Waals surface area contributed by atoms with Crippen LogP contribution in [0.4, 0.5) is 10.5 Å². The van der Waals surface area contributed by atoms with E-state index in [4.69, 9.17) is 14.2 Å². The Balaban J connectivity index is 1.19. The van der Waals surface area contributed by atoms with Crippen LogP contribution in [0, 0.1) is 0 Å². The van der Waals surface area contributed by atoms with Crippen LogP contribution in [-0.4, -0.2) is 51.7 Å². The quantitative estimate of drug-likeness (QED) is 0.140. The van der Waals surface area contributed by atoms with Crippen molar-refractivity contribution >= 4 is 44.5 Å². The number of nitrogens with one attached hydrogen (secondary N) is 3. The fourth-order valence-corrected chi connectivity index (χ4v) is 6.51. The molecule has 1 aliphatic heterocycles. The molecule has 0 bridgehead atoms. The molecule has 46 heavy (non-hydrogen) atoms. The lowest BCUT2D eigenvalue weighted by atomic mass is 10.0. The van der Waals surface area contributed by atoms with Gasteiger partial charge in [-0.2, -0.15) is 4.72 Å². The van der Waals surface area contributed by atoms with Gasteiger partial charge in [0.15, 0.2) is 6.10 Å². The number of rotatable bonds is 13. The smallest absolute Gasteiger partial charge is 0.407 e. The minimum Gasteiger partial charge on any atom is -0.478 e. The lowest BCUT2D eigenvalue weighted by Gasteiger charge is -2.26. The summed E-state index contributed by atoms with van der Waals surface area (Å²) in [5.74, 6) is -0.635. The number of esters is 1. The molecular formula is C34H35N3O8S. The minimum absolute atomic E-state index is 0.0263. The fraction of sp³-hybridized carbons (Fsp3) is 0.265. The largest absolute Gasteiger partial charge is 0.478 e. The molecule has 0 saturated heterocycles. The summed E-state index contributed by atoms with van der Waals surface area (Å²) in [6.07, 6.45) is -0.505. The van der Waals surface area contributed by atoms with Gasteiger partial charge < -0.3 is 24.8 Å². The minimum atomic E-state index is -4.12. The van der Waals surface area contributed by atoms with Gasteiger partial charge in [0.05, 0.1) is 17.2 Å². The van der Waals surface area contributed by atoms with Crippen LogP contribution in [0.3, 0.4) is 0 Å². The molecule has 0 unspecified atom stereocenters. The molecule has 0 aromatic heterocycles. The van der Waals surface area contributed by atoms with Crippen molar-refractivity contribution in [2.45, 2.75) is 49.8 Å². The van der Waals surface area contributed by atoms with Gasteiger partial charge in [0.1, 0.15) is 18.4 Å². The molecule has 0 aliphatic carbocycles. The first-order chi connectivity index (χ1) is 22.2. The Morgan fingerprint density at radius 2 is 1.70 bits per heavy atom. The van der Waals surface area contributed by atoms with Gasteiger partial charge in [-0.05, 0) is 60.9 Å². The predicted octanol–water partition coefficient (Wildman–Crippen LogP) is 4.70. The Kier molecular flexibility index (Phi) is 10.5. The molecule has 1 aliphatic rings. The molecule has 0 spiro atoms. The van der Waals surface area contributed by atoms with Crippen molar-refractivity contribution in [2.75, 3.05) is 18.5 Å². The molecule has 4 aromatic rings. The van der Waals surface area contributed by atoms with Crippen LogP contribution in [0.25, 0.3) is 10.8 Å². The molecule has 4 aromatic carbocycles. The fourth-order valence-electron chi connectivity index (χ4n) is 5.10. The molecule has 0 fully saturated rings. The van der Waals surface area contributed by atoms with Gasteiger partial charge >= 0.3 is 12.1 Å². The van der Waals surface area contributed by atoms with Gasteiger partial charge in [0, 0.05) is 11.9 Å². The number of ether oxygens (including phenoxy) is 3. The van der Waals surface area contributed by atoms with E-state index >= 15 is 0 Å². The molecule has 1 heterocycles. The Morgan fingerprint density at radius 3 is 2.50 bits per heavy atom. The summed E-state index contributed by atoms with van der Waals surface area (Å²) in [6.45, 7) is 2.18. The second kappa shape index (κ2) is 14.9. The van der Waals surface area contributed by atoms with Crippen molar-refractivity contribution < 1.29 is 37.0 Å². The second-order valence-electron chi connectivity index (χ2n) is 10.7. The molecule has 12 heteroatoms. The van der Waals surface area contributed by atoms with E-state index in [0.29, 0.717) is 41.8 Å². The van der Waals surface area contributed by atoms with Crippen LogP contribution in [-0.2, 0) is 42.1 Å². The number of fused-ring (bicyclic) bond motifs is 2. The first-order valence-corrected chi connectivity index (χ1v) is 16.4. The van der Waals surface area contributed by atoms with Gasteiger partial charge in [-0.1, -0.05) is 72.8 Å². The van der Waals surface area contributed by atoms with Crippen LogP contribution in [0.5, 0.6) is 5.75 Å². The first-order valence-electron chi connectivity index (χ1n) is 14.9. The molecule has 240 valence electrons. The zero-order valence-electron chi connectivity index (χ0n) is 25.2. The van der Waals surface area contributed by atoms with Gasteiger partial charge in [-0.25, -0.2) is 13.2 Å². The van der Waals surface area contributed by atoms with Crippen molar-refractivity contribution in [3.8, 4) is 5.75 Å². The number of hydrogen-bond acceptors (Lipinski definition) is 8. The van der Waals surface area contributed by atoms with Gasteiger partial charge in [-0.3, -0.25) is 9.59 Å². The molecule has 2 atom stereocenters. The number of carbonyl (C=O) groups excluding carboxylic acids is 3. The van der Waals surface area contributed by atoms with Crippen molar-refractivity contribution in [3.63, 3.8) is 0 Å². The van der Waals surface area contributed by atoms with E-state index in [2.05, 4.69) is 15.4 Å². The maximum atomic E-state index is 13.5. The SMILES string of the molecule is CCOC(=O)[C@H](Cc1ccc2c(c1)NC(=O)[C@@H](CCCNC(=O)OCc1ccccc1)O2)NS(=O)(=O)c1cccc2ccccc12. The van der Waals surface area contributed by atoms with Crippen LogP contribution >= 0.6 is 0 Å². The maximum absolute atomic E-state index is 13.5. The zero-order chi connectivity index (χ0) is 32.5. The van der Waals surface area contributed by atoms with Crippen molar-refractivity contribution in [3.05, 3.63) is 102 Å². The van der Waals surface area contributed by atoms with Crippen LogP contribution < -0.4 is 20.1 Å². The first kappa shape index (κ1) is 32.5. The summed E-state index contributed by atoms with van der Waals surface area (Å²) in [5.41, 5.74) is 1.87. The van der Waals surface area contributed by atoms with E-state index in [1.54, 1.807) is 43.3 Å². The van der Waals surface area contributed by atoms with Crippen LogP contribution in [0.2, 0.25) is 0 Å². The average Bonchev–Trinajstić information content (AvgIpc) is 3.05. The van der Waals surface area contributed by atoms with Crippen LogP contribution in [0.15, 0.2) is 95.9 Å². The van der Waals surface area contributed by atoms with E-state index in [9.17, 15) is 22.8 Å². The molecule has 3 N–H and O–H groups in total. The number of carbonyl (C=O) groups is 3. The second-order valence-corrected chi connectivity index (χ2v) is 12.3. The van der Waals surface area contributed by atoms with Crippen molar-refractivity contribution in [1.29, 1.82) is 0 Å². The number of alkyl carbamates (subject to hydrolysis) is 1. The highest BCUT2D eigenvalue weighted by Gasteiger charge is 2.30. The third-order valence-corrected chi connectivity index (χ3v) is 8.87. The van der Waals surface area contributed by atoms with Gasteiger partial charge in [0.2, 0.25) is 10.0 Å². The summed E-state index contributed by atoms with van der Waals surface area (Å²) in [6, 6.07) is 25.2. The number of amides is 2. The third kappa shape index (κ3) is 8.20. The number of sulfonamides is 1. The zero-order valence-corrected chi connectivity index (χ0v) is 26.0. The Hall–Kier alpha value is -4.94. The Bertz CT molecular complexity index is 1810. The third-order valence-electron chi connectivity index (χ3n) is 7.34. The van der Waals surface area contributed by atoms with E-state index in [-0.39, 0.29) is 30.4 Å². The van der Waals surface area contributed by atoms with Gasteiger partial charge in [-0.15, -0.1) is 0 Å². The summed E-state index contributed by atoms with van der Waals surface area (Å²) in [5, 5.41) is 6.78.